The molecule has 2 aromatic carbocycles. The van der Waals surface area contributed by atoms with E-state index in [4.69, 9.17) is 4.98 Å². The van der Waals surface area contributed by atoms with Gasteiger partial charge in [0.25, 0.3) is 5.91 Å². The predicted molar refractivity (Wildman–Crippen MR) is 122 cm³/mol. The molecule has 30 heavy (non-hydrogen) atoms. The molecule has 2 N–H and O–H groups in total. The highest BCUT2D eigenvalue weighted by Crippen LogP contribution is 2.32. The number of aromatic nitrogens is 2. The molecular weight excluding hydrogens is 394 g/mol. The van der Waals surface area contributed by atoms with Crippen LogP contribution >= 0.6 is 11.3 Å². The van der Waals surface area contributed by atoms with Crippen LogP contribution in [0, 0.1) is 0 Å². The third-order valence-corrected chi connectivity index (χ3v) is 6.60. The molecule has 1 atom stereocenters. The van der Waals surface area contributed by atoms with E-state index in [0.29, 0.717) is 5.95 Å². The summed E-state index contributed by atoms with van der Waals surface area (Å²) < 4.78 is 1.07. The molecule has 152 valence electrons. The summed E-state index contributed by atoms with van der Waals surface area (Å²) in [4.78, 5) is 24.9. The minimum absolute atomic E-state index is 0.0928. The van der Waals surface area contributed by atoms with Crippen molar-refractivity contribution in [1.82, 2.24) is 20.2 Å². The van der Waals surface area contributed by atoms with Crippen molar-refractivity contribution in [3.8, 4) is 0 Å². The molecule has 4 aromatic rings. The largest absolute Gasteiger partial charge is 0.348 e. The summed E-state index contributed by atoms with van der Waals surface area (Å²) in [6, 6.07) is 16.4. The SMILES string of the molecule is C[C@@H](Nc1ncc2ccc3sc(C(=O)N4CCNCC4)cc3c2n1)c1ccccc1. The molecule has 6 nitrogen and oxygen atoms in total. The summed E-state index contributed by atoms with van der Waals surface area (Å²) in [5, 5.41) is 8.67. The van der Waals surface area contributed by atoms with Gasteiger partial charge >= 0.3 is 0 Å². The number of piperazine rings is 1. The van der Waals surface area contributed by atoms with Crippen molar-refractivity contribution in [3.05, 3.63) is 65.2 Å². The zero-order valence-electron chi connectivity index (χ0n) is 16.8. The first kappa shape index (κ1) is 19.0. The third-order valence-electron chi connectivity index (χ3n) is 5.51. The summed E-state index contributed by atoms with van der Waals surface area (Å²) >= 11 is 1.54. The monoisotopic (exact) mass is 417 g/mol. The number of thiophene rings is 1. The molecule has 7 heteroatoms. The molecule has 0 saturated carbocycles. The van der Waals surface area contributed by atoms with Crippen LogP contribution in [0.4, 0.5) is 5.95 Å². The van der Waals surface area contributed by atoms with Crippen molar-refractivity contribution >= 4 is 44.2 Å². The van der Waals surface area contributed by atoms with Crippen molar-refractivity contribution in [2.24, 2.45) is 0 Å². The average molecular weight is 418 g/mol. The smallest absolute Gasteiger partial charge is 0.264 e. The molecule has 0 spiro atoms. The number of nitrogens with one attached hydrogen (secondary N) is 2. The quantitative estimate of drug-likeness (QED) is 0.524. The summed E-state index contributed by atoms with van der Waals surface area (Å²) in [5.74, 6) is 0.698. The Hall–Kier alpha value is -3.03. The van der Waals surface area contributed by atoms with Crippen molar-refractivity contribution in [2.45, 2.75) is 13.0 Å². The Morgan fingerprint density at radius 1 is 1.17 bits per heavy atom. The topological polar surface area (TPSA) is 70.2 Å². The van der Waals surface area contributed by atoms with Crippen molar-refractivity contribution < 1.29 is 4.79 Å². The lowest BCUT2D eigenvalue weighted by Crippen LogP contribution is -2.46. The Kier molecular flexibility index (Phi) is 5.06. The second-order valence-electron chi connectivity index (χ2n) is 7.54. The minimum Gasteiger partial charge on any atom is -0.348 e. The normalized spacial score (nSPS) is 15.4. The molecule has 0 bridgehead atoms. The molecule has 0 radical (unpaired) electrons. The number of hydrogen-bond acceptors (Lipinski definition) is 6. The zero-order chi connectivity index (χ0) is 20.5. The number of hydrogen-bond donors (Lipinski definition) is 2. The van der Waals surface area contributed by atoms with E-state index in [9.17, 15) is 4.79 Å². The standard InChI is InChI=1S/C23H23N5OS/c1-15(16-5-3-2-4-6-16)26-23-25-14-17-7-8-19-18(21(17)27-23)13-20(30-19)22(29)28-11-9-24-10-12-28/h2-8,13-15,24H,9-12H2,1H3,(H,25,26,27)/t15-/m1/s1. The third kappa shape index (κ3) is 3.62. The summed E-state index contributed by atoms with van der Waals surface area (Å²) in [5.41, 5.74) is 2.06. The summed E-state index contributed by atoms with van der Waals surface area (Å²) in [6.07, 6.45) is 1.84. The van der Waals surface area contributed by atoms with E-state index in [0.717, 1.165) is 52.0 Å². The van der Waals surface area contributed by atoms with Crippen molar-refractivity contribution in [2.75, 3.05) is 31.5 Å². The Morgan fingerprint density at radius 2 is 1.97 bits per heavy atom. The van der Waals surface area contributed by atoms with Crippen LogP contribution in [0.1, 0.15) is 28.2 Å². The van der Waals surface area contributed by atoms with Gasteiger partial charge in [-0.25, -0.2) is 9.97 Å². The molecule has 2 aromatic heterocycles. The van der Waals surface area contributed by atoms with Gasteiger partial charge in [-0.1, -0.05) is 30.3 Å². The second kappa shape index (κ2) is 8.01. The van der Waals surface area contributed by atoms with Gasteiger partial charge in [0.1, 0.15) is 0 Å². The van der Waals surface area contributed by atoms with Crippen LogP contribution in [0.25, 0.3) is 21.0 Å². The second-order valence-corrected chi connectivity index (χ2v) is 8.62. The zero-order valence-corrected chi connectivity index (χ0v) is 17.6. The molecule has 0 unspecified atom stereocenters. The summed E-state index contributed by atoms with van der Waals surface area (Å²) in [6.45, 7) is 5.30. The van der Waals surface area contributed by atoms with E-state index >= 15 is 0 Å². The van der Waals surface area contributed by atoms with Crippen molar-refractivity contribution in [1.29, 1.82) is 0 Å². The molecular formula is C23H23N5OS. The molecule has 1 fully saturated rings. The van der Waals surface area contributed by atoms with Gasteiger partial charge in [0.15, 0.2) is 0 Å². The van der Waals surface area contributed by atoms with Crippen LogP contribution in [0.15, 0.2) is 54.7 Å². The molecule has 1 amide bonds. The first-order valence-corrected chi connectivity index (χ1v) is 11.0. The molecule has 1 aliphatic heterocycles. The Labute approximate surface area is 179 Å². The van der Waals surface area contributed by atoms with E-state index in [1.54, 1.807) is 0 Å². The van der Waals surface area contributed by atoms with Crippen LogP contribution in [-0.4, -0.2) is 47.0 Å². The number of carbonyl (C=O) groups excluding carboxylic acids is 1. The van der Waals surface area contributed by atoms with E-state index < -0.39 is 0 Å². The maximum atomic E-state index is 12.9. The number of anilines is 1. The van der Waals surface area contributed by atoms with Crippen LogP contribution in [0.2, 0.25) is 0 Å². The maximum Gasteiger partial charge on any atom is 0.264 e. The number of amides is 1. The highest BCUT2D eigenvalue weighted by Gasteiger charge is 2.21. The molecule has 5 rings (SSSR count). The van der Waals surface area contributed by atoms with Gasteiger partial charge in [-0.15, -0.1) is 11.3 Å². The number of rotatable bonds is 4. The highest BCUT2D eigenvalue weighted by atomic mass is 32.1. The van der Waals surface area contributed by atoms with Crippen LogP contribution < -0.4 is 10.6 Å². The van der Waals surface area contributed by atoms with E-state index in [2.05, 4.69) is 40.7 Å². The Morgan fingerprint density at radius 3 is 2.77 bits per heavy atom. The molecule has 1 saturated heterocycles. The van der Waals surface area contributed by atoms with Crippen LogP contribution in [0.3, 0.4) is 0 Å². The molecule has 0 aliphatic carbocycles. The van der Waals surface area contributed by atoms with Gasteiger partial charge in [0, 0.05) is 47.8 Å². The van der Waals surface area contributed by atoms with Crippen LogP contribution in [0.5, 0.6) is 0 Å². The lowest BCUT2D eigenvalue weighted by Gasteiger charge is -2.26. The highest BCUT2D eigenvalue weighted by molar-refractivity contribution is 7.21. The van der Waals surface area contributed by atoms with E-state index in [1.165, 1.54) is 16.9 Å². The van der Waals surface area contributed by atoms with Gasteiger partial charge in [-0.2, -0.15) is 0 Å². The predicted octanol–water partition coefficient (Wildman–Crippen LogP) is 4.06. The first-order valence-electron chi connectivity index (χ1n) is 10.2. The van der Waals surface area contributed by atoms with Crippen LogP contribution in [-0.2, 0) is 0 Å². The molecule has 3 heterocycles. The fourth-order valence-electron chi connectivity index (χ4n) is 3.83. The Balaban J connectivity index is 1.48. The van der Waals surface area contributed by atoms with Crippen molar-refractivity contribution in [3.63, 3.8) is 0 Å². The molecule has 1 aliphatic rings. The summed E-state index contributed by atoms with van der Waals surface area (Å²) in [7, 11) is 0. The van der Waals surface area contributed by atoms with E-state index in [1.807, 2.05) is 41.4 Å². The van der Waals surface area contributed by atoms with Gasteiger partial charge in [0.05, 0.1) is 16.4 Å². The van der Waals surface area contributed by atoms with Gasteiger partial charge in [0.2, 0.25) is 5.95 Å². The van der Waals surface area contributed by atoms with Gasteiger partial charge < -0.3 is 15.5 Å². The van der Waals surface area contributed by atoms with E-state index in [-0.39, 0.29) is 11.9 Å². The Bertz CT molecular complexity index is 1200. The number of nitrogens with zero attached hydrogens (tertiary/aromatic N) is 3. The maximum absolute atomic E-state index is 12.9. The van der Waals surface area contributed by atoms with Gasteiger partial charge in [-0.05, 0) is 30.7 Å². The lowest BCUT2D eigenvalue weighted by molar-refractivity contribution is 0.0741. The number of benzene rings is 2. The lowest BCUT2D eigenvalue weighted by atomic mass is 10.1. The average Bonchev–Trinajstić information content (AvgIpc) is 3.25. The number of carbonyl (C=O) groups is 1. The minimum atomic E-state index is 0.0928. The fourth-order valence-corrected chi connectivity index (χ4v) is 4.86. The van der Waals surface area contributed by atoms with Gasteiger partial charge in [-0.3, -0.25) is 4.79 Å². The fraction of sp³-hybridized carbons (Fsp3) is 0.261. The first-order chi connectivity index (χ1) is 14.7. The number of fused-ring (bicyclic) bond motifs is 3.